The lowest BCUT2D eigenvalue weighted by Crippen LogP contribution is -2.00. The zero-order valence-electron chi connectivity index (χ0n) is 12.4. The summed E-state index contributed by atoms with van der Waals surface area (Å²) in [6.45, 7) is 4.75. The zero-order valence-corrected chi connectivity index (χ0v) is 12.4. The number of rotatable bonds is 9. The van der Waals surface area contributed by atoms with Crippen molar-refractivity contribution in [3.8, 4) is 0 Å². The van der Waals surface area contributed by atoms with E-state index < -0.39 is 0 Å². The van der Waals surface area contributed by atoms with E-state index >= 15 is 0 Å². The van der Waals surface area contributed by atoms with Crippen molar-refractivity contribution in [1.29, 1.82) is 0 Å². The minimum absolute atomic E-state index is 0.316. The van der Waals surface area contributed by atoms with Gasteiger partial charge in [-0.05, 0) is 50.5 Å². The number of aliphatic hydroxyl groups is 1. The predicted molar refractivity (Wildman–Crippen MR) is 83.4 cm³/mol. The van der Waals surface area contributed by atoms with Crippen molar-refractivity contribution in [3.05, 3.63) is 47.5 Å². The highest BCUT2D eigenvalue weighted by atomic mass is 16.2. The fourth-order valence-corrected chi connectivity index (χ4v) is 2.56. The summed E-state index contributed by atoms with van der Waals surface area (Å²) in [6, 6.07) is 10.8. The van der Waals surface area contributed by atoms with E-state index in [1.807, 2.05) is 0 Å². The molecular weight excluding hydrogens is 232 g/mol. The summed E-state index contributed by atoms with van der Waals surface area (Å²) in [4.78, 5) is 0. The van der Waals surface area contributed by atoms with Crippen LogP contribution in [0.15, 0.2) is 42.0 Å². The molecule has 1 nitrogen and oxygen atoms in total. The molecule has 0 aliphatic rings. The first-order valence-electron chi connectivity index (χ1n) is 7.59. The van der Waals surface area contributed by atoms with Crippen LogP contribution in [0.3, 0.4) is 0 Å². The highest BCUT2D eigenvalue weighted by molar-refractivity contribution is 5.19. The van der Waals surface area contributed by atoms with E-state index in [4.69, 9.17) is 5.11 Å². The summed E-state index contributed by atoms with van der Waals surface area (Å²) in [7, 11) is 0. The van der Waals surface area contributed by atoms with E-state index in [0.29, 0.717) is 12.5 Å². The van der Waals surface area contributed by atoms with Crippen LogP contribution in [0, 0.1) is 0 Å². The van der Waals surface area contributed by atoms with Crippen LogP contribution in [0.25, 0.3) is 0 Å². The molecule has 0 radical (unpaired) electrons. The quantitative estimate of drug-likeness (QED) is 0.485. The van der Waals surface area contributed by atoms with E-state index in [0.717, 1.165) is 19.3 Å². The summed E-state index contributed by atoms with van der Waals surface area (Å²) in [5, 5.41) is 8.93. The molecule has 1 aromatic carbocycles. The Balaban J connectivity index is 2.57. The van der Waals surface area contributed by atoms with Crippen LogP contribution in [-0.2, 0) is 0 Å². The molecule has 0 spiro atoms. The maximum absolute atomic E-state index is 8.93. The molecule has 0 fully saturated rings. The molecule has 0 amide bonds. The van der Waals surface area contributed by atoms with Crippen molar-refractivity contribution in [1.82, 2.24) is 0 Å². The fraction of sp³-hybridized carbons (Fsp3) is 0.556. The SMILES string of the molecule is CC/C=C(\C)CCC(CCCCO)c1ccccc1. The van der Waals surface area contributed by atoms with E-state index in [1.165, 1.54) is 30.4 Å². The molecule has 1 atom stereocenters. The molecule has 106 valence electrons. The third-order valence-corrected chi connectivity index (χ3v) is 3.67. The van der Waals surface area contributed by atoms with Crippen molar-refractivity contribution in [2.45, 2.75) is 58.3 Å². The van der Waals surface area contributed by atoms with Gasteiger partial charge in [0.25, 0.3) is 0 Å². The van der Waals surface area contributed by atoms with Crippen LogP contribution < -0.4 is 0 Å². The van der Waals surface area contributed by atoms with E-state index in [2.05, 4.69) is 50.3 Å². The summed E-state index contributed by atoms with van der Waals surface area (Å²) in [5.74, 6) is 0.632. The highest BCUT2D eigenvalue weighted by Crippen LogP contribution is 2.28. The van der Waals surface area contributed by atoms with Gasteiger partial charge in [-0.2, -0.15) is 0 Å². The lowest BCUT2D eigenvalue weighted by molar-refractivity contribution is 0.280. The van der Waals surface area contributed by atoms with Crippen LogP contribution in [0.5, 0.6) is 0 Å². The van der Waals surface area contributed by atoms with E-state index in [9.17, 15) is 0 Å². The molecular formula is C18H28O. The molecule has 0 saturated heterocycles. The lowest BCUT2D eigenvalue weighted by atomic mass is 9.88. The molecule has 0 heterocycles. The Morgan fingerprint density at radius 3 is 2.53 bits per heavy atom. The van der Waals surface area contributed by atoms with Crippen LogP contribution in [-0.4, -0.2) is 11.7 Å². The average Bonchev–Trinajstić information content (AvgIpc) is 2.44. The number of hydrogen-bond donors (Lipinski definition) is 1. The Labute approximate surface area is 118 Å². The van der Waals surface area contributed by atoms with E-state index in [1.54, 1.807) is 0 Å². The molecule has 1 rings (SSSR count). The molecule has 0 saturated carbocycles. The van der Waals surface area contributed by atoms with Crippen molar-refractivity contribution in [2.75, 3.05) is 6.61 Å². The van der Waals surface area contributed by atoms with Crippen LogP contribution in [0.1, 0.15) is 63.9 Å². The average molecular weight is 260 g/mol. The Hall–Kier alpha value is -1.08. The Morgan fingerprint density at radius 1 is 1.16 bits per heavy atom. The Bertz CT molecular complexity index is 353. The predicted octanol–water partition coefficient (Wildman–Crippen LogP) is 5.07. The number of unbranched alkanes of at least 4 members (excludes halogenated alkanes) is 1. The number of allylic oxidation sites excluding steroid dienone is 2. The second-order valence-corrected chi connectivity index (χ2v) is 5.32. The van der Waals surface area contributed by atoms with Gasteiger partial charge in [-0.25, -0.2) is 0 Å². The molecule has 1 heteroatoms. The largest absolute Gasteiger partial charge is 0.396 e. The molecule has 1 unspecified atom stereocenters. The molecule has 0 aliphatic carbocycles. The van der Waals surface area contributed by atoms with Gasteiger partial charge in [0, 0.05) is 6.61 Å². The van der Waals surface area contributed by atoms with Gasteiger partial charge in [-0.15, -0.1) is 0 Å². The first kappa shape index (κ1) is 16.0. The van der Waals surface area contributed by atoms with Gasteiger partial charge in [-0.3, -0.25) is 0 Å². The lowest BCUT2D eigenvalue weighted by Gasteiger charge is -2.17. The van der Waals surface area contributed by atoms with E-state index in [-0.39, 0.29) is 0 Å². The van der Waals surface area contributed by atoms with Crippen molar-refractivity contribution in [3.63, 3.8) is 0 Å². The van der Waals surface area contributed by atoms with Gasteiger partial charge in [0.2, 0.25) is 0 Å². The summed E-state index contributed by atoms with van der Waals surface area (Å²) < 4.78 is 0. The first-order valence-corrected chi connectivity index (χ1v) is 7.59. The summed E-state index contributed by atoms with van der Waals surface area (Å²) in [6.07, 6.45) is 9.09. The third kappa shape index (κ3) is 6.58. The molecule has 1 aromatic rings. The Morgan fingerprint density at radius 2 is 1.89 bits per heavy atom. The van der Waals surface area contributed by atoms with Crippen LogP contribution in [0.2, 0.25) is 0 Å². The molecule has 19 heavy (non-hydrogen) atoms. The molecule has 0 bridgehead atoms. The first-order chi connectivity index (χ1) is 9.27. The second kappa shape index (κ2) is 9.80. The molecule has 0 aromatic heterocycles. The molecule has 0 aliphatic heterocycles. The number of hydrogen-bond acceptors (Lipinski definition) is 1. The van der Waals surface area contributed by atoms with Gasteiger partial charge in [0.15, 0.2) is 0 Å². The van der Waals surface area contributed by atoms with Gasteiger partial charge in [0.05, 0.1) is 0 Å². The topological polar surface area (TPSA) is 20.2 Å². The fourth-order valence-electron chi connectivity index (χ4n) is 2.56. The third-order valence-electron chi connectivity index (χ3n) is 3.67. The van der Waals surface area contributed by atoms with Crippen molar-refractivity contribution in [2.24, 2.45) is 0 Å². The Kier molecular flexibility index (Phi) is 8.24. The van der Waals surface area contributed by atoms with Gasteiger partial charge >= 0.3 is 0 Å². The summed E-state index contributed by atoms with van der Waals surface area (Å²) >= 11 is 0. The minimum Gasteiger partial charge on any atom is -0.396 e. The summed E-state index contributed by atoms with van der Waals surface area (Å²) in [5.41, 5.74) is 2.95. The normalized spacial score (nSPS) is 13.5. The minimum atomic E-state index is 0.316. The highest BCUT2D eigenvalue weighted by Gasteiger charge is 2.11. The monoisotopic (exact) mass is 260 g/mol. The smallest absolute Gasteiger partial charge is 0.0431 e. The molecule has 1 N–H and O–H groups in total. The van der Waals surface area contributed by atoms with Gasteiger partial charge in [0.1, 0.15) is 0 Å². The van der Waals surface area contributed by atoms with Gasteiger partial charge in [-0.1, -0.05) is 55.3 Å². The van der Waals surface area contributed by atoms with Gasteiger partial charge < -0.3 is 5.11 Å². The number of aliphatic hydroxyl groups excluding tert-OH is 1. The second-order valence-electron chi connectivity index (χ2n) is 5.32. The maximum atomic E-state index is 8.93. The van der Waals surface area contributed by atoms with Crippen molar-refractivity contribution < 1.29 is 5.11 Å². The number of benzene rings is 1. The maximum Gasteiger partial charge on any atom is 0.0431 e. The van der Waals surface area contributed by atoms with Crippen LogP contribution in [0.4, 0.5) is 0 Å². The van der Waals surface area contributed by atoms with Crippen molar-refractivity contribution >= 4 is 0 Å². The standard InChI is InChI=1S/C18H28O/c1-3-9-16(2)13-14-18(12-7-8-15-19)17-10-5-4-6-11-17/h4-6,9-11,18-19H,3,7-8,12-15H2,1-2H3/b16-9+. The zero-order chi connectivity index (χ0) is 13.9. The van der Waals surface area contributed by atoms with Crippen LogP contribution >= 0.6 is 0 Å².